The first kappa shape index (κ1) is 21.6. The molecular formula is C23H31NO4. The first-order valence-corrected chi connectivity index (χ1v) is 9.45. The molecule has 0 fully saturated rings. The fourth-order valence-electron chi connectivity index (χ4n) is 2.88. The molecule has 0 radical (unpaired) electrons. The van der Waals surface area contributed by atoms with Crippen molar-refractivity contribution >= 4 is 5.91 Å². The van der Waals surface area contributed by atoms with Crippen LogP contribution in [0.15, 0.2) is 42.5 Å². The summed E-state index contributed by atoms with van der Waals surface area (Å²) in [4.78, 5) is 12.6. The van der Waals surface area contributed by atoms with Gasteiger partial charge in [0, 0.05) is 5.56 Å². The lowest BCUT2D eigenvalue weighted by atomic mass is 9.87. The number of hydrogen-bond acceptors (Lipinski definition) is 4. The van der Waals surface area contributed by atoms with Crippen molar-refractivity contribution in [1.29, 1.82) is 0 Å². The summed E-state index contributed by atoms with van der Waals surface area (Å²) in [5, 5.41) is 2.98. The molecule has 1 N–H and O–H groups in total. The normalized spacial score (nSPS) is 13.4. The van der Waals surface area contributed by atoms with Crippen molar-refractivity contribution in [2.24, 2.45) is 0 Å². The predicted octanol–water partition coefficient (Wildman–Crippen LogP) is 4.65. The van der Waals surface area contributed by atoms with Crippen molar-refractivity contribution in [3.05, 3.63) is 53.6 Å². The van der Waals surface area contributed by atoms with Gasteiger partial charge in [-0.15, -0.1) is 0 Å². The van der Waals surface area contributed by atoms with Crippen molar-refractivity contribution in [1.82, 2.24) is 5.32 Å². The highest BCUT2D eigenvalue weighted by Gasteiger charge is 2.21. The molecule has 1 amide bonds. The first-order chi connectivity index (χ1) is 13.2. The monoisotopic (exact) mass is 385 g/mol. The Labute approximate surface area is 168 Å². The molecular weight excluding hydrogens is 354 g/mol. The van der Waals surface area contributed by atoms with E-state index in [1.807, 2.05) is 49.4 Å². The van der Waals surface area contributed by atoms with Crippen LogP contribution in [-0.2, 0) is 10.2 Å². The summed E-state index contributed by atoms with van der Waals surface area (Å²) in [7, 11) is 3.21. The Balaban J connectivity index is 2.04. The van der Waals surface area contributed by atoms with Crippen molar-refractivity contribution < 1.29 is 19.0 Å². The van der Waals surface area contributed by atoms with Gasteiger partial charge in [0.2, 0.25) is 0 Å². The van der Waals surface area contributed by atoms with E-state index in [1.54, 1.807) is 21.1 Å². The average Bonchev–Trinajstić information content (AvgIpc) is 2.66. The highest BCUT2D eigenvalue weighted by Crippen LogP contribution is 2.29. The quantitative estimate of drug-likeness (QED) is 0.754. The van der Waals surface area contributed by atoms with Crippen molar-refractivity contribution in [3.63, 3.8) is 0 Å². The smallest absolute Gasteiger partial charge is 0.261 e. The van der Waals surface area contributed by atoms with Crippen LogP contribution in [0.5, 0.6) is 17.2 Å². The number of ether oxygens (including phenoxy) is 3. The maximum atomic E-state index is 12.6. The number of amides is 1. The highest BCUT2D eigenvalue weighted by molar-refractivity contribution is 5.81. The van der Waals surface area contributed by atoms with Gasteiger partial charge in [-0.05, 0) is 55.2 Å². The number of nitrogens with one attached hydrogen (secondary N) is 1. The molecule has 0 aliphatic carbocycles. The molecule has 2 aromatic carbocycles. The van der Waals surface area contributed by atoms with E-state index in [1.165, 1.54) is 5.56 Å². The minimum atomic E-state index is -0.625. The van der Waals surface area contributed by atoms with Crippen LogP contribution in [0.25, 0.3) is 0 Å². The van der Waals surface area contributed by atoms with E-state index < -0.39 is 6.10 Å². The molecule has 5 heteroatoms. The predicted molar refractivity (Wildman–Crippen MR) is 111 cm³/mol. The fourth-order valence-corrected chi connectivity index (χ4v) is 2.88. The third-order valence-electron chi connectivity index (χ3n) is 4.66. The van der Waals surface area contributed by atoms with Crippen molar-refractivity contribution in [3.8, 4) is 17.2 Å². The molecule has 2 atom stereocenters. The van der Waals surface area contributed by atoms with Crippen molar-refractivity contribution in [2.45, 2.75) is 52.2 Å². The molecule has 0 aliphatic heterocycles. The molecule has 0 saturated carbocycles. The van der Waals surface area contributed by atoms with Crippen LogP contribution in [0, 0.1) is 0 Å². The topological polar surface area (TPSA) is 56.8 Å². The minimum absolute atomic E-state index is 0.0761. The number of benzene rings is 2. The maximum Gasteiger partial charge on any atom is 0.261 e. The maximum absolute atomic E-state index is 12.6. The Morgan fingerprint density at radius 3 is 2.07 bits per heavy atom. The largest absolute Gasteiger partial charge is 0.497 e. The standard InChI is InChI=1S/C23H31NO4/c1-15(20-14-19(26-6)12-13-21(20)27-7)24-22(25)16(2)28-18-10-8-17(9-11-18)23(3,4)5/h8-16H,1-7H3,(H,24,25)/t15-,16-/m1/s1. The van der Waals surface area contributed by atoms with Gasteiger partial charge in [0.05, 0.1) is 20.3 Å². The third-order valence-corrected chi connectivity index (χ3v) is 4.66. The van der Waals surface area contributed by atoms with E-state index in [0.717, 1.165) is 5.56 Å². The first-order valence-electron chi connectivity index (χ1n) is 9.45. The summed E-state index contributed by atoms with van der Waals surface area (Å²) in [5.74, 6) is 1.87. The van der Waals surface area contributed by atoms with Gasteiger partial charge in [0.25, 0.3) is 5.91 Å². The summed E-state index contributed by atoms with van der Waals surface area (Å²) < 4.78 is 16.5. The SMILES string of the molecule is COc1ccc(OC)c([C@@H](C)NC(=O)[C@@H](C)Oc2ccc(C(C)(C)C)cc2)c1. The van der Waals surface area contributed by atoms with Gasteiger partial charge in [-0.25, -0.2) is 0 Å². The van der Waals surface area contributed by atoms with Gasteiger partial charge in [-0.1, -0.05) is 32.9 Å². The zero-order valence-corrected chi connectivity index (χ0v) is 17.8. The average molecular weight is 386 g/mol. The number of methoxy groups -OCH3 is 2. The third kappa shape index (κ3) is 5.41. The van der Waals surface area contributed by atoms with Crippen LogP contribution in [0.1, 0.15) is 51.8 Å². The van der Waals surface area contributed by atoms with E-state index >= 15 is 0 Å². The van der Waals surface area contributed by atoms with E-state index in [4.69, 9.17) is 14.2 Å². The Morgan fingerprint density at radius 1 is 0.929 bits per heavy atom. The Kier molecular flexibility index (Phi) is 6.95. The molecule has 0 aliphatic rings. The van der Waals surface area contributed by atoms with Gasteiger partial charge in [-0.3, -0.25) is 4.79 Å². The summed E-state index contributed by atoms with van der Waals surface area (Å²) in [6, 6.07) is 13.1. The van der Waals surface area contributed by atoms with Crippen LogP contribution >= 0.6 is 0 Å². The molecule has 0 saturated heterocycles. The number of carbonyl (C=O) groups excluding carboxylic acids is 1. The van der Waals surface area contributed by atoms with Crippen LogP contribution in [-0.4, -0.2) is 26.2 Å². The number of rotatable bonds is 7. The lowest BCUT2D eigenvalue weighted by Crippen LogP contribution is -2.37. The minimum Gasteiger partial charge on any atom is -0.497 e. The molecule has 0 heterocycles. The molecule has 2 aromatic rings. The summed E-state index contributed by atoms with van der Waals surface area (Å²) >= 11 is 0. The second kappa shape index (κ2) is 9.00. The molecule has 2 rings (SSSR count). The highest BCUT2D eigenvalue weighted by atomic mass is 16.5. The van der Waals surface area contributed by atoms with Gasteiger partial charge >= 0.3 is 0 Å². The Hall–Kier alpha value is -2.69. The molecule has 0 unspecified atom stereocenters. The summed E-state index contributed by atoms with van der Waals surface area (Å²) in [6.07, 6.45) is -0.625. The summed E-state index contributed by atoms with van der Waals surface area (Å²) in [5.41, 5.74) is 2.14. The lowest BCUT2D eigenvalue weighted by molar-refractivity contribution is -0.127. The van der Waals surface area contributed by atoms with Crippen LogP contribution in [0.3, 0.4) is 0 Å². The van der Waals surface area contributed by atoms with Gasteiger partial charge in [0.1, 0.15) is 17.2 Å². The fraction of sp³-hybridized carbons (Fsp3) is 0.435. The number of hydrogen-bond donors (Lipinski definition) is 1. The molecule has 28 heavy (non-hydrogen) atoms. The van der Waals surface area contributed by atoms with Crippen LogP contribution in [0.2, 0.25) is 0 Å². The van der Waals surface area contributed by atoms with E-state index in [-0.39, 0.29) is 17.4 Å². The van der Waals surface area contributed by atoms with Crippen molar-refractivity contribution in [2.75, 3.05) is 14.2 Å². The van der Waals surface area contributed by atoms with E-state index in [9.17, 15) is 4.79 Å². The van der Waals surface area contributed by atoms with E-state index in [2.05, 4.69) is 26.1 Å². The molecule has 5 nitrogen and oxygen atoms in total. The Morgan fingerprint density at radius 2 is 1.54 bits per heavy atom. The van der Waals surface area contributed by atoms with Gasteiger partial charge in [-0.2, -0.15) is 0 Å². The second-order valence-corrected chi connectivity index (χ2v) is 7.87. The second-order valence-electron chi connectivity index (χ2n) is 7.87. The number of carbonyl (C=O) groups is 1. The van der Waals surface area contributed by atoms with Crippen LogP contribution < -0.4 is 19.5 Å². The van der Waals surface area contributed by atoms with E-state index in [0.29, 0.717) is 17.2 Å². The van der Waals surface area contributed by atoms with Crippen LogP contribution in [0.4, 0.5) is 0 Å². The molecule has 0 bridgehead atoms. The zero-order valence-electron chi connectivity index (χ0n) is 17.8. The van der Waals surface area contributed by atoms with Gasteiger partial charge < -0.3 is 19.5 Å². The molecule has 0 aromatic heterocycles. The summed E-state index contributed by atoms with van der Waals surface area (Å²) in [6.45, 7) is 10.1. The lowest BCUT2D eigenvalue weighted by Gasteiger charge is -2.22. The van der Waals surface area contributed by atoms with Gasteiger partial charge in [0.15, 0.2) is 6.10 Å². The Bertz CT molecular complexity index is 793. The molecule has 0 spiro atoms. The molecule has 152 valence electrons. The zero-order chi connectivity index (χ0) is 20.9.